The molecule has 0 saturated heterocycles. The predicted molar refractivity (Wildman–Crippen MR) is 174 cm³/mol. The second-order valence-corrected chi connectivity index (χ2v) is 12.8. The Morgan fingerprint density at radius 1 is 0.634 bits per heavy atom. The van der Waals surface area contributed by atoms with Crippen molar-refractivity contribution in [3.63, 3.8) is 0 Å². The van der Waals surface area contributed by atoms with Crippen molar-refractivity contribution in [2.45, 2.75) is 107 Å². The Morgan fingerprint density at radius 3 is 1.29 bits per heavy atom. The number of para-hydroxylation sites is 2. The van der Waals surface area contributed by atoms with Gasteiger partial charge in [0, 0.05) is 27.6 Å². The Bertz CT molecular complexity index is 1310. The molecule has 0 unspecified atom stereocenters. The van der Waals surface area contributed by atoms with Gasteiger partial charge in [0.1, 0.15) is 0 Å². The quantitative estimate of drug-likeness (QED) is 0.174. The molecule has 3 aromatic carbocycles. The fourth-order valence-electron chi connectivity index (χ4n) is 4.68. The van der Waals surface area contributed by atoms with Crippen LogP contribution in [0.15, 0.2) is 58.5 Å². The molecule has 0 aromatic heterocycles. The molecule has 41 heavy (non-hydrogen) atoms. The van der Waals surface area contributed by atoms with Gasteiger partial charge >= 0.3 is 0 Å². The monoisotopic (exact) mass is 600 g/mol. The van der Waals surface area contributed by atoms with E-state index in [9.17, 15) is 10.2 Å². The molecule has 226 valence electrons. The van der Waals surface area contributed by atoms with E-state index < -0.39 is 0 Å². The first-order valence-electron chi connectivity index (χ1n) is 14.3. The summed E-state index contributed by atoms with van der Waals surface area (Å²) in [5.41, 5.74) is 10.3. The number of phenols is 2. The molecule has 0 spiro atoms. The second kappa shape index (κ2) is 14.8. The van der Waals surface area contributed by atoms with Crippen LogP contribution in [0, 0.1) is 27.7 Å². The maximum absolute atomic E-state index is 10.0. The van der Waals surface area contributed by atoms with Crippen LogP contribution in [0.2, 0.25) is 0 Å². The molecule has 0 aliphatic rings. The molecule has 0 saturated carbocycles. The van der Waals surface area contributed by atoms with Gasteiger partial charge in [-0.25, -0.2) is 0 Å². The number of hydrogen-bond acceptors (Lipinski definition) is 4. The van der Waals surface area contributed by atoms with Gasteiger partial charge in [-0.05, 0) is 74.1 Å². The predicted octanol–water partition coefficient (Wildman–Crippen LogP) is 10.3. The van der Waals surface area contributed by atoms with Crippen molar-refractivity contribution in [1.29, 1.82) is 0 Å². The number of aliphatic imine (C=N–C) groups is 2. The van der Waals surface area contributed by atoms with Crippen LogP contribution in [0.4, 0.5) is 11.4 Å². The number of hydrogen-bond donors (Lipinski definition) is 2. The van der Waals surface area contributed by atoms with Crippen LogP contribution in [-0.4, -0.2) is 21.6 Å². The fraction of sp³-hybridized carbons (Fsp3) is 0.444. The van der Waals surface area contributed by atoms with Gasteiger partial charge in [-0.3, -0.25) is 9.98 Å². The Kier molecular flexibility index (Phi) is 13.1. The molecule has 0 fully saturated rings. The van der Waals surface area contributed by atoms with Crippen molar-refractivity contribution in [3.8, 4) is 11.5 Å². The molecule has 0 aliphatic heterocycles. The van der Waals surface area contributed by atoms with Crippen molar-refractivity contribution < 1.29 is 26.7 Å². The van der Waals surface area contributed by atoms with Crippen molar-refractivity contribution in [3.05, 3.63) is 81.9 Å². The molecule has 0 aliphatic carbocycles. The number of aryl methyl sites for hydroxylation is 4. The zero-order valence-electron chi connectivity index (χ0n) is 27.1. The summed E-state index contributed by atoms with van der Waals surface area (Å²) in [7, 11) is 0. The van der Waals surface area contributed by atoms with Gasteiger partial charge in [0.2, 0.25) is 0 Å². The van der Waals surface area contributed by atoms with E-state index >= 15 is 0 Å². The zero-order valence-corrected chi connectivity index (χ0v) is 28.1. The van der Waals surface area contributed by atoms with Crippen LogP contribution in [0.5, 0.6) is 11.5 Å². The zero-order chi connectivity index (χ0) is 30.4. The second-order valence-electron chi connectivity index (χ2n) is 12.8. The summed E-state index contributed by atoms with van der Waals surface area (Å²) in [4.78, 5) is 9.91. The molecule has 0 atom stereocenters. The minimum atomic E-state index is -0.169. The fourth-order valence-corrected chi connectivity index (χ4v) is 4.68. The van der Waals surface area contributed by atoms with E-state index in [1.54, 1.807) is 0 Å². The van der Waals surface area contributed by atoms with E-state index in [4.69, 9.17) is 9.98 Å². The first kappa shape index (κ1) is 36.1. The van der Waals surface area contributed by atoms with E-state index in [1.165, 1.54) is 22.3 Å². The van der Waals surface area contributed by atoms with E-state index in [2.05, 4.69) is 77.9 Å². The van der Waals surface area contributed by atoms with Crippen LogP contribution in [0.25, 0.3) is 0 Å². The Labute approximate surface area is 259 Å². The third kappa shape index (κ3) is 9.57. The van der Waals surface area contributed by atoms with Crippen molar-refractivity contribution in [2.24, 2.45) is 9.98 Å². The van der Waals surface area contributed by atoms with Gasteiger partial charge < -0.3 is 10.2 Å². The van der Waals surface area contributed by atoms with E-state index in [1.807, 2.05) is 53.7 Å². The van der Waals surface area contributed by atoms with Crippen molar-refractivity contribution in [1.82, 2.24) is 0 Å². The van der Waals surface area contributed by atoms with Gasteiger partial charge in [-0.1, -0.05) is 103 Å². The van der Waals surface area contributed by atoms with Gasteiger partial charge in [-0.2, -0.15) is 0 Å². The Morgan fingerprint density at radius 2 is 0.976 bits per heavy atom. The molecule has 3 rings (SSSR count). The molecule has 0 amide bonds. The summed E-state index contributed by atoms with van der Waals surface area (Å²) in [5.74, 6) is 0.0276. The molecule has 0 heterocycles. The minimum Gasteiger partial charge on any atom is -0.504 e. The van der Waals surface area contributed by atoms with Gasteiger partial charge in [0.15, 0.2) is 11.5 Å². The summed E-state index contributed by atoms with van der Waals surface area (Å²) >= 11 is 0. The van der Waals surface area contributed by atoms with Crippen LogP contribution in [0.1, 0.15) is 102 Å². The van der Waals surface area contributed by atoms with Gasteiger partial charge in [-0.15, -0.1) is 0 Å². The maximum Gasteiger partial charge on any atom is 0.161 e. The van der Waals surface area contributed by atoms with Crippen LogP contribution < -0.4 is 0 Å². The molecule has 3 aromatic rings. The van der Waals surface area contributed by atoms with Crippen LogP contribution >= 0.6 is 0 Å². The maximum atomic E-state index is 10.0. The summed E-state index contributed by atoms with van der Waals surface area (Å²) in [6.45, 7) is 24.8. The molecular weight excluding hydrogens is 551 g/mol. The summed E-state index contributed by atoms with van der Waals surface area (Å²) < 4.78 is 0. The molecular formula is C36H50N2NiO2. The van der Waals surface area contributed by atoms with Crippen LogP contribution in [-0.2, 0) is 27.3 Å². The number of benzene rings is 3. The Hall–Kier alpha value is -2.91. The molecule has 5 heteroatoms. The van der Waals surface area contributed by atoms with E-state index in [-0.39, 0.29) is 38.8 Å². The SMILES string of the molecule is CC(C)(C)c1ccc(C(C)(C)C)c(O)c1O.CCCC(=Nc1c(C)cccc1C)C(C)=Nc1c(C)cccc1C.[Ni]. The van der Waals surface area contributed by atoms with Crippen molar-refractivity contribution >= 4 is 22.8 Å². The van der Waals surface area contributed by atoms with E-state index in [0.717, 1.165) is 46.8 Å². The Balaban J connectivity index is 0.000000433. The minimum absolute atomic E-state index is 0. The van der Waals surface area contributed by atoms with E-state index in [0.29, 0.717) is 0 Å². The van der Waals surface area contributed by atoms with Crippen LogP contribution in [0.3, 0.4) is 0 Å². The molecule has 0 radical (unpaired) electrons. The van der Waals surface area contributed by atoms with Gasteiger partial charge in [0.05, 0.1) is 22.8 Å². The number of rotatable bonds is 5. The first-order valence-corrected chi connectivity index (χ1v) is 14.3. The third-order valence-electron chi connectivity index (χ3n) is 7.08. The normalized spacial score (nSPS) is 12.4. The summed E-state index contributed by atoms with van der Waals surface area (Å²) in [6, 6.07) is 16.4. The van der Waals surface area contributed by atoms with Crippen molar-refractivity contribution in [2.75, 3.05) is 0 Å². The summed E-state index contributed by atoms with van der Waals surface area (Å²) in [5, 5.41) is 20.1. The molecule has 2 N–H and O–H groups in total. The largest absolute Gasteiger partial charge is 0.504 e. The topological polar surface area (TPSA) is 65.2 Å². The smallest absolute Gasteiger partial charge is 0.161 e. The van der Waals surface area contributed by atoms with Gasteiger partial charge in [0.25, 0.3) is 0 Å². The molecule has 4 nitrogen and oxygen atoms in total. The standard InChI is InChI=1S/C22H28N2.C14H22O2.Ni/c1-7-10-20(24-22-17(4)13-9-14-18(22)5)19(6)23-21-15(2)11-8-12-16(21)3;1-13(2,3)9-7-8-10(14(4,5)6)12(16)11(9)15;/h8-9,11-14H,7,10H2,1-6H3;7-8,15-16H,1-6H3;. The molecule has 0 bridgehead atoms. The number of aromatic hydroxyl groups is 2. The average molecular weight is 602 g/mol. The third-order valence-corrected chi connectivity index (χ3v) is 7.08. The summed E-state index contributed by atoms with van der Waals surface area (Å²) in [6.07, 6.45) is 2.00. The number of nitrogens with zero attached hydrogens (tertiary/aromatic N) is 2. The first-order chi connectivity index (χ1) is 18.5. The number of phenolic OH excluding ortho intramolecular Hbond substituents is 2. The average Bonchev–Trinajstić information content (AvgIpc) is 2.83.